The lowest BCUT2D eigenvalue weighted by Gasteiger charge is -2.39. The highest BCUT2D eigenvalue weighted by Gasteiger charge is 2.36. The molecule has 5 aliphatic rings. The fourth-order valence-electron chi connectivity index (χ4n) is 6.29. The van der Waals surface area contributed by atoms with E-state index < -0.39 is 0 Å². The van der Waals surface area contributed by atoms with E-state index in [2.05, 4.69) is 75.0 Å². The van der Waals surface area contributed by atoms with Crippen molar-refractivity contribution in [3.8, 4) is 0 Å². The van der Waals surface area contributed by atoms with Gasteiger partial charge in [0.1, 0.15) is 0 Å². The van der Waals surface area contributed by atoms with E-state index in [0.29, 0.717) is 35.7 Å². The normalized spacial score (nSPS) is 30.1. The molecule has 4 heterocycles. The number of piperazine rings is 1. The van der Waals surface area contributed by atoms with E-state index in [9.17, 15) is 4.79 Å². The van der Waals surface area contributed by atoms with Crippen molar-refractivity contribution < 1.29 is 4.79 Å². The molecule has 3 aliphatic heterocycles. The lowest BCUT2D eigenvalue weighted by atomic mass is 9.86. The van der Waals surface area contributed by atoms with E-state index >= 15 is 0 Å². The SMILES string of the molecule is CC(C)N1CC[C@H](C2=CCC(c3cc4n(c3)N=CCC4N3CCN(C(=O)C4CC4)CC3)C=C2)C1. The highest BCUT2D eigenvalue weighted by Crippen LogP contribution is 2.37. The van der Waals surface area contributed by atoms with Crippen LogP contribution >= 0.6 is 0 Å². The van der Waals surface area contributed by atoms with Crippen LogP contribution in [0.25, 0.3) is 0 Å². The third-order valence-electron chi connectivity index (χ3n) is 8.70. The summed E-state index contributed by atoms with van der Waals surface area (Å²) in [5.74, 6) is 1.85. The number of aromatic nitrogens is 1. The van der Waals surface area contributed by atoms with Gasteiger partial charge >= 0.3 is 0 Å². The average molecular weight is 462 g/mol. The van der Waals surface area contributed by atoms with Gasteiger partial charge in [-0.3, -0.25) is 9.69 Å². The molecule has 0 aromatic carbocycles. The van der Waals surface area contributed by atoms with Crippen molar-refractivity contribution in [2.24, 2.45) is 16.9 Å². The predicted octanol–water partition coefficient (Wildman–Crippen LogP) is 4.02. The van der Waals surface area contributed by atoms with Gasteiger partial charge in [-0.05, 0) is 69.2 Å². The van der Waals surface area contributed by atoms with E-state index in [0.717, 1.165) is 51.9 Å². The molecule has 2 aliphatic carbocycles. The van der Waals surface area contributed by atoms with Gasteiger partial charge in [-0.2, -0.15) is 5.10 Å². The van der Waals surface area contributed by atoms with E-state index in [-0.39, 0.29) is 0 Å². The summed E-state index contributed by atoms with van der Waals surface area (Å²) in [4.78, 5) is 19.7. The molecule has 6 heteroatoms. The molecular formula is C28H39N5O. The van der Waals surface area contributed by atoms with Gasteiger partial charge in [-0.15, -0.1) is 0 Å². The van der Waals surface area contributed by atoms with E-state index in [1.54, 1.807) is 0 Å². The Morgan fingerprint density at radius 2 is 1.88 bits per heavy atom. The highest BCUT2D eigenvalue weighted by atomic mass is 16.2. The van der Waals surface area contributed by atoms with Crippen LogP contribution < -0.4 is 0 Å². The van der Waals surface area contributed by atoms with Crippen molar-refractivity contribution in [3.63, 3.8) is 0 Å². The van der Waals surface area contributed by atoms with Gasteiger partial charge in [0, 0.05) is 69.4 Å². The summed E-state index contributed by atoms with van der Waals surface area (Å²) in [7, 11) is 0. The molecule has 0 bridgehead atoms. The van der Waals surface area contributed by atoms with Gasteiger partial charge in [0.05, 0.1) is 11.7 Å². The van der Waals surface area contributed by atoms with Crippen LogP contribution in [0.3, 0.4) is 0 Å². The molecule has 2 unspecified atom stereocenters. The van der Waals surface area contributed by atoms with Crippen LogP contribution in [0.1, 0.15) is 69.2 Å². The first-order valence-electron chi connectivity index (χ1n) is 13.5. The summed E-state index contributed by atoms with van der Waals surface area (Å²) in [5, 5.41) is 4.69. The molecule has 6 nitrogen and oxygen atoms in total. The second-order valence-electron chi connectivity index (χ2n) is 11.2. The number of carbonyl (C=O) groups is 1. The van der Waals surface area contributed by atoms with Crippen LogP contribution in [0.5, 0.6) is 0 Å². The molecule has 0 spiro atoms. The second kappa shape index (κ2) is 9.12. The van der Waals surface area contributed by atoms with Crippen LogP contribution in [0.15, 0.2) is 41.2 Å². The molecule has 6 rings (SSSR count). The maximum Gasteiger partial charge on any atom is 0.225 e. The minimum absolute atomic E-state index is 0.328. The van der Waals surface area contributed by atoms with Gasteiger partial charge < -0.3 is 9.80 Å². The Kier molecular flexibility index (Phi) is 5.98. The summed E-state index contributed by atoms with van der Waals surface area (Å²) in [5.41, 5.74) is 4.23. The number of hydrogen-bond acceptors (Lipinski definition) is 4. The summed E-state index contributed by atoms with van der Waals surface area (Å²) in [6.45, 7) is 10.7. The average Bonchev–Trinajstić information content (AvgIpc) is 3.42. The fraction of sp³-hybridized carbons (Fsp3) is 0.643. The summed E-state index contributed by atoms with van der Waals surface area (Å²) >= 11 is 0. The number of rotatable bonds is 5. The number of carbonyl (C=O) groups excluding carboxylic acids is 1. The molecule has 3 atom stereocenters. The maximum absolute atomic E-state index is 12.4. The van der Waals surface area contributed by atoms with Crippen LogP contribution in [0.4, 0.5) is 0 Å². The Bertz CT molecular complexity index is 1010. The quantitative estimate of drug-likeness (QED) is 0.665. The summed E-state index contributed by atoms with van der Waals surface area (Å²) in [6.07, 6.45) is 17.2. The van der Waals surface area contributed by atoms with Crippen LogP contribution in [-0.4, -0.2) is 76.8 Å². The molecule has 0 radical (unpaired) electrons. The molecule has 1 amide bonds. The van der Waals surface area contributed by atoms with Gasteiger partial charge in [-0.25, -0.2) is 4.68 Å². The Morgan fingerprint density at radius 1 is 1.06 bits per heavy atom. The zero-order chi connectivity index (χ0) is 23.2. The molecule has 1 aromatic rings. The van der Waals surface area contributed by atoms with E-state index in [1.165, 1.54) is 36.3 Å². The number of allylic oxidation sites excluding steroid dienone is 3. The monoisotopic (exact) mass is 461 g/mol. The number of fused-ring (bicyclic) bond motifs is 1. The fourth-order valence-corrected chi connectivity index (χ4v) is 6.29. The molecule has 1 aromatic heterocycles. The van der Waals surface area contributed by atoms with Crippen molar-refractivity contribution in [2.75, 3.05) is 39.3 Å². The van der Waals surface area contributed by atoms with E-state index in [1.807, 2.05) is 0 Å². The molecular weight excluding hydrogens is 422 g/mol. The Hall–Kier alpha value is -2.18. The zero-order valence-electron chi connectivity index (χ0n) is 20.8. The minimum atomic E-state index is 0.328. The Morgan fingerprint density at radius 3 is 2.56 bits per heavy atom. The summed E-state index contributed by atoms with van der Waals surface area (Å²) < 4.78 is 2.11. The molecule has 182 valence electrons. The first-order valence-corrected chi connectivity index (χ1v) is 13.5. The molecule has 34 heavy (non-hydrogen) atoms. The Labute approximate surface area is 204 Å². The van der Waals surface area contributed by atoms with Crippen molar-refractivity contribution in [3.05, 3.63) is 47.3 Å². The van der Waals surface area contributed by atoms with Crippen molar-refractivity contribution in [1.82, 2.24) is 19.4 Å². The number of nitrogens with zero attached hydrogens (tertiary/aromatic N) is 5. The zero-order valence-corrected chi connectivity index (χ0v) is 20.8. The summed E-state index contributed by atoms with van der Waals surface area (Å²) in [6, 6.07) is 3.41. The lowest BCUT2D eigenvalue weighted by Crippen LogP contribution is -2.50. The standard InChI is InChI=1S/C28H39N5O/c1-20(2)32-12-10-24(18-32)21-3-5-22(6-4-21)25-17-27-26(9-11-29-33(27)19-25)30-13-15-31(16-14-30)28(34)23-7-8-23/h3-5,11,17,19-20,22-24,26H,6-10,12-16,18H2,1-2H3/t22?,24-,26?/m0/s1. The van der Waals surface area contributed by atoms with Gasteiger partial charge in [0.2, 0.25) is 5.91 Å². The van der Waals surface area contributed by atoms with Crippen molar-refractivity contribution in [2.45, 2.75) is 64.0 Å². The van der Waals surface area contributed by atoms with Crippen molar-refractivity contribution >= 4 is 12.1 Å². The third-order valence-corrected chi connectivity index (χ3v) is 8.70. The minimum Gasteiger partial charge on any atom is -0.340 e. The van der Waals surface area contributed by atoms with E-state index in [4.69, 9.17) is 0 Å². The largest absolute Gasteiger partial charge is 0.340 e. The van der Waals surface area contributed by atoms with Crippen LogP contribution in [0, 0.1) is 11.8 Å². The smallest absolute Gasteiger partial charge is 0.225 e. The van der Waals surface area contributed by atoms with Gasteiger partial charge in [0.25, 0.3) is 0 Å². The molecule has 0 N–H and O–H groups in total. The number of hydrogen-bond donors (Lipinski definition) is 0. The lowest BCUT2D eigenvalue weighted by molar-refractivity contribution is -0.134. The number of likely N-dealkylation sites (tertiary alicyclic amines) is 1. The Balaban J connectivity index is 1.10. The van der Waals surface area contributed by atoms with Gasteiger partial charge in [-0.1, -0.05) is 18.2 Å². The number of amides is 1. The molecule has 2 saturated heterocycles. The third kappa shape index (κ3) is 4.31. The topological polar surface area (TPSA) is 44.1 Å². The first kappa shape index (κ1) is 22.3. The first-order chi connectivity index (χ1) is 16.6. The highest BCUT2D eigenvalue weighted by molar-refractivity contribution is 5.81. The van der Waals surface area contributed by atoms with Crippen molar-refractivity contribution in [1.29, 1.82) is 0 Å². The second-order valence-corrected chi connectivity index (χ2v) is 11.2. The molecule has 3 fully saturated rings. The molecule has 1 saturated carbocycles. The van der Waals surface area contributed by atoms with Crippen LogP contribution in [0.2, 0.25) is 0 Å². The van der Waals surface area contributed by atoms with Crippen LogP contribution in [-0.2, 0) is 4.79 Å². The van der Waals surface area contributed by atoms with Gasteiger partial charge in [0.15, 0.2) is 0 Å². The predicted molar refractivity (Wildman–Crippen MR) is 136 cm³/mol. The maximum atomic E-state index is 12.4.